The summed E-state index contributed by atoms with van der Waals surface area (Å²) in [6.45, 7) is 5.82. The van der Waals surface area contributed by atoms with Crippen LogP contribution in [0.2, 0.25) is 0 Å². The molecule has 0 saturated heterocycles. The zero-order chi connectivity index (χ0) is 12.1. The van der Waals surface area contributed by atoms with Gasteiger partial charge in [-0.3, -0.25) is 0 Å². The third kappa shape index (κ3) is 3.13. The summed E-state index contributed by atoms with van der Waals surface area (Å²) in [6, 6.07) is 6.52. The van der Waals surface area contributed by atoms with Crippen molar-refractivity contribution < 1.29 is 9.47 Å². The van der Waals surface area contributed by atoms with Gasteiger partial charge in [0.2, 0.25) is 6.79 Å². The van der Waals surface area contributed by atoms with E-state index in [1.54, 1.807) is 0 Å². The predicted octanol–water partition coefficient (Wildman–Crippen LogP) is 3.26. The predicted molar refractivity (Wildman–Crippen MR) is 68.5 cm³/mol. The molecule has 2 rings (SSSR count). The Morgan fingerprint density at radius 3 is 2.88 bits per heavy atom. The quantitative estimate of drug-likeness (QED) is 0.768. The summed E-state index contributed by atoms with van der Waals surface area (Å²) in [5.41, 5.74) is 1.26. The Hall–Kier alpha value is -1.22. The molecule has 3 nitrogen and oxygen atoms in total. The molecule has 1 atom stereocenters. The van der Waals surface area contributed by atoms with Gasteiger partial charge in [0.15, 0.2) is 11.5 Å². The molecule has 1 aliphatic rings. The van der Waals surface area contributed by atoms with Crippen molar-refractivity contribution in [2.24, 2.45) is 0 Å². The van der Waals surface area contributed by atoms with Crippen molar-refractivity contribution in [1.29, 1.82) is 0 Å². The second-order valence-electron chi connectivity index (χ2n) is 4.50. The molecule has 1 aliphatic heterocycles. The van der Waals surface area contributed by atoms with Gasteiger partial charge in [-0.25, -0.2) is 0 Å². The second-order valence-corrected chi connectivity index (χ2v) is 4.50. The summed E-state index contributed by atoms with van der Waals surface area (Å²) < 4.78 is 10.7. The molecule has 1 N–H and O–H groups in total. The van der Waals surface area contributed by atoms with Crippen LogP contribution < -0.4 is 14.8 Å². The van der Waals surface area contributed by atoms with Gasteiger partial charge in [0, 0.05) is 6.04 Å². The van der Waals surface area contributed by atoms with Gasteiger partial charge in [-0.15, -0.1) is 0 Å². The zero-order valence-electron chi connectivity index (χ0n) is 10.7. The highest BCUT2D eigenvalue weighted by Gasteiger charge is 2.15. The summed E-state index contributed by atoms with van der Waals surface area (Å²) >= 11 is 0. The highest BCUT2D eigenvalue weighted by Crippen LogP contribution is 2.34. The molecule has 1 aromatic rings. The molecule has 0 fully saturated rings. The second kappa shape index (κ2) is 5.92. The van der Waals surface area contributed by atoms with Crippen molar-refractivity contribution in [2.75, 3.05) is 13.3 Å². The van der Waals surface area contributed by atoms with E-state index in [-0.39, 0.29) is 0 Å². The van der Waals surface area contributed by atoms with E-state index in [0.29, 0.717) is 12.8 Å². The summed E-state index contributed by atoms with van der Waals surface area (Å²) in [6.07, 6.45) is 3.80. The lowest BCUT2D eigenvalue weighted by molar-refractivity contribution is 0.174. The molecule has 17 heavy (non-hydrogen) atoms. The first-order chi connectivity index (χ1) is 8.31. The molecule has 0 amide bonds. The number of unbranched alkanes of at least 4 members (excludes halogenated alkanes) is 2. The van der Waals surface area contributed by atoms with Gasteiger partial charge >= 0.3 is 0 Å². The lowest BCUT2D eigenvalue weighted by Gasteiger charge is -2.14. The number of nitrogens with one attached hydrogen (secondary N) is 1. The fraction of sp³-hybridized carbons (Fsp3) is 0.571. The average Bonchev–Trinajstić information content (AvgIpc) is 2.81. The molecule has 0 bridgehead atoms. The van der Waals surface area contributed by atoms with Crippen molar-refractivity contribution in [3.8, 4) is 11.5 Å². The Labute approximate surface area is 103 Å². The molecule has 0 aliphatic carbocycles. The van der Waals surface area contributed by atoms with E-state index in [4.69, 9.17) is 9.47 Å². The fourth-order valence-corrected chi connectivity index (χ4v) is 1.99. The zero-order valence-corrected chi connectivity index (χ0v) is 10.7. The van der Waals surface area contributed by atoms with Crippen molar-refractivity contribution in [3.63, 3.8) is 0 Å². The Morgan fingerprint density at radius 1 is 1.24 bits per heavy atom. The average molecular weight is 235 g/mol. The molecule has 0 spiro atoms. The van der Waals surface area contributed by atoms with Gasteiger partial charge in [-0.05, 0) is 37.6 Å². The van der Waals surface area contributed by atoms with Crippen LogP contribution in [0.25, 0.3) is 0 Å². The van der Waals surface area contributed by atoms with Crippen LogP contribution in [0.15, 0.2) is 18.2 Å². The van der Waals surface area contributed by atoms with E-state index in [2.05, 4.69) is 31.3 Å². The highest BCUT2D eigenvalue weighted by molar-refractivity contribution is 5.45. The van der Waals surface area contributed by atoms with Gasteiger partial charge < -0.3 is 14.8 Å². The molecule has 94 valence electrons. The first-order valence-electron chi connectivity index (χ1n) is 6.44. The van der Waals surface area contributed by atoms with E-state index < -0.39 is 0 Å². The third-order valence-electron chi connectivity index (χ3n) is 3.13. The monoisotopic (exact) mass is 235 g/mol. The summed E-state index contributed by atoms with van der Waals surface area (Å²) in [7, 11) is 0. The van der Waals surface area contributed by atoms with Gasteiger partial charge in [0.25, 0.3) is 0 Å². The SMILES string of the molecule is CCCCCNC(C)c1ccc2c(c1)OCO2. The van der Waals surface area contributed by atoms with Crippen LogP contribution >= 0.6 is 0 Å². The molecule has 3 heteroatoms. The number of ether oxygens (including phenoxy) is 2. The smallest absolute Gasteiger partial charge is 0.231 e. The van der Waals surface area contributed by atoms with Crippen LogP contribution in [-0.2, 0) is 0 Å². The number of fused-ring (bicyclic) bond motifs is 1. The highest BCUT2D eigenvalue weighted by atomic mass is 16.7. The van der Waals surface area contributed by atoms with Crippen molar-refractivity contribution >= 4 is 0 Å². The van der Waals surface area contributed by atoms with Crippen LogP contribution in [0.1, 0.15) is 44.7 Å². The molecule has 1 heterocycles. The Morgan fingerprint density at radius 2 is 2.06 bits per heavy atom. The van der Waals surface area contributed by atoms with E-state index in [9.17, 15) is 0 Å². The lowest BCUT2D eigenvalue weighted by atomic mass is 10.1. The normalized spacial score (nSPS) is 14.9. The molecular formula is C14H21NO2. The van der Waals surface area contributed by atoms with Crippen LogP contribution in [0.4, 0.5) is 0 Å². The number of hydrogen-bond donors (Lipinski definition) is 1. The van der Waals surface area contributed by atoms with Crippen LogP contribution in [0.3, 0.4) is 0 Å². The van der Waals surface area contributed by atoms with Crippen LogP contribution in [0.5, 0.6) is 11.5 Å². The van der Waals surface area contributed by atoms with E-state index >= 15 is 0 Å². The molecule has 0 saturated carbocycles. The van der Waals surface area contributed by atoms with Gasteiger partial charge in [-0.1, -0.05) is 25.8 Å². The van der Waals surface area contributed by atoms with E-state index in [1.165, 1.54) is 24.8 Å². The summed E-state index contributed by atoms with van der Waals surface area (Å²) in [4.78, 5) is 0. The topological polar surface area (TPSA) is 30.5 Å². The molecular weight excluding hydrogens is 214 g/mol. The minimum Gasteiger partial charge on any atom is -0.454 e. The Bertz CT molecular complexity index is 365. The van der Waals surface area contributed by atoms with Crippen LogP contribution in [-0.4, -0.2) is 13.3 Å². The van der Waals surface area contributed by atoms with Crippen molar-refractivity contribution in [2.45, 2.75) is 39.2 Å². The Balaban J connectivity index is 1.88. The summed E-state index contributed by atoms with van der Waals surface area (Å²) in [5.74, 6) is 1.72. The maximum Gasteiger partial charge on any atom is 0.231 e. The molecule has 1 aromatic carbocycles. The lowest BCUT2D eigenvalue weighted by Crippen LogP contribution is -2.19. The van der Waals surface area contributed by atoms with Crippen LogP contribution in [0, 0.1) is 0 Å². The Kier molecular flexibility index (Phi) is 4.26. The fourth-order valence-electron chi connectivity index (χ4n) is 1.99. The largest absolute Gasteiger partial charge is 0.454 e. The maximum absolute atomic E-state index is 5.38. The third-order valence-corrected chi connectivity index (χ3v) is 3.13. The number of rotatable bonds is 6. The number of hydrogen-bond acceptors (Lipinski definition) is 3. The molecule has 0 aromatic heterocycles. The first-order valence-corrected chi connectivity index (χ1v) is 6.44. The summed E-state index contributed by atoms with van der Waals surface area (Å²) in [5, 5.41) is 3.53. The number of benzene rings is 1. The maximum atomic E-state index is 5.38. The van der Waals surface area contributed by atoms with Gasteiger partial charge in [0.1, 0.15) is 0 Å². The first kappa shape index (κ1) is 12.2. The minimum atomic E-state index is 0.344. The van der Waals surface area contributed by atoms with Crippen molar-refractivity contribution in [1.82, 2.24) is 5.32 Å². The van der Waals surface area contributed by atoms with Crippen molar-refractivity contribution in [3.05, 3.63) is 23.8 Å². The standard InChI is InChI=1S/C14H21NO2/c1-3-4-5-8-15-11(2)12-6-7-13-14(9-12)17-10-16-13/h6-7,9,11,15H,3-5,8,10H2,1-2H3. The van der Waals surface area contributed by atoms with E-state index in [1.807, 2.05) is 6.07 Å². The van der Waals surface area contributed by atoms with Gasteiger partial charge in [-0.2, -0.15) is 0 Å². The molecule has 0 radical (unpaired) electrons. The molecule has 1 unspecified atom stereocenters. The van der Waals surface area contributed by atoms with E-state index in [0.717, 1.165) is 18.0 Å². The minimum absolute atomic E-state index is 0.344. The van der Waals surface area contributed by atoms with Gasteiger partial charge in [0.05, 0.1) is 0 Å².